The average molecular weight is 354 g/mol. The molecule has 2 aromatic carbocycles. The highest BCUT2D eigenvalue weighted by molar-refractivity contribution is 7.19. The first-order chi connectivity index (χ1) is 12.9. The van der Waals surface area contributed by atoms with Crippen LogP contribution in [-0.2, 0) is 12.8 Å². The third kappa shape index (κ3) is 1.89. The lowest BCUT2D eigenvalue weighted by molar-refractivity contribution is 0.700. The molecule has 2 nitrogen and oxygen atoms in total. The lowest BCUT2D eigenvalue weighted by Gasteiger charge is -2.11. The first-order valence-electron chi connectivity index (χ1n) is 9.28. The molecule has 0 unspecified atom stereocenters. The standard InChI is InChI=1S/C23H18N2S/c1-2-6-15(7-3-1)25-18-12-13-24-14-17(18)22-19(25)10-11-21-23(22)16-8-4-5-9-20(16)26-21/h1-3,6-7,10-14H,4-5,8-9H2. The van der Waals surface area contributed by atoms with Crippen molar-refractivity contribution >= 4 is 43.2 Å². The molecule has 0 atom stereocenters. The van der Waals surface area contributed by atoms with Crippen LogP contribution in [0.3, 0.4) is 0 Å². The molecule has 5 aromatic rings. The van der Waals surface area contributed by atoms with E-state index in [1.165, 1.54) is 63.3 Å². The highest BCUT2D eigenvalue weighted by Gasteiger charge is 2.21. The second-order valence-corrected chi connectivity index (χ2v) is 8.24. The fourth-order valence-electron chi connectivity index (χ4n) is 4.56. The Hall–Kier alpha value is -2.65. The monoisotopic (exact) mass is 354 g/mol. The summed E-state index contributed by atoms with van der Waals surface area (Å²) in [4.78, 5) is 6.06. The maximum absolute atomic E-state index is 4.46. The van der Waals surface area contributed by atoms with Gasteiger partial charge in [0.05, 0.1) is 11.0 Å². The molecule has 1 aliphatic carbocycles. The second kappa shape index (κ2) is 5.42. The van der Waals surface area contributed by atoms with Crippen molar-refractivity contribution in [3.63, 3.8) is 0 Å². The predicted molar refractivity (Wildman–Crippen MR) is 111 cm³/mol. The van der Waals surface area contributed by atoms with E-state index in [1.807, 2.05) is 23.7 Å². The molecule has 0 aliphatic heterocycles. The van der Waals surface area contributed by atoms with Crippen LogP contribution in [0, 0.1) is 0 Å². The molecule has 0 fully saturated rings. The number of aromatic nitrogens is 2. The van der Waals surface area contributed by atoms with Crippen molar-refractivity contribution in [3.05, 3.63) is 71.4 Å². The van der Waals surface area contributed by atoms with Gasteiger partial charge in [-0.2, -0.15) is 0 Å². The quantitative estimate of drug-likeness (QED) is 0.347. The number of nitrogens with zero attached hydrogens (tertiary/aromatic N) is 2. The SMILES string of the molecule is c1ccc(-n2c3ccncc3c3c4c5c(sc4ccc32)CCCC5)cc1. The summed E-state index contributed by atoms with van der Waals surface area (Å²) in [7, 11) is 0. The van der Waals surface area contributed by atoms with E-state index in [9.17, 15) is 0 Å². The highest BCUT2D eigenvalue weighted by atomic mass is 32.1. The van der Waals surface area contributed by atoms with Gasteiger partial charge in [-0.05, 0) is 61.6 Å². The predicted octanol–water partition coefficient (Wildman–Crippen LogP) is 6.27. The summed E-state index contributed by atoms with van der Waals surface area (Å²) in [5.74, 6) is 0. The molecule has 0 bridgehead atoms. The minimum absolute atomic E-state index is 1.21. The summed E-state index contributed by atoms with van der Waals surface area (Å²) in [6.07, 6.45) is 9.05. The summed E-state index contributed by atoms with van der Waals surface area (Å²) in [5.41, 5.74) is 5.34. The zero-order chi connectivity index (χ0) is 17.1. The number of aryl methyl sites for hydroxylation is 2. The minimum atomic E-state index is 1.21. The Labute approximate surface area is 155 Å². The van der Waals surface area contributed by atoms with Gasteiger partial charge >= 0.3 is 0 Å². The van der Waals surface area contributed by atoms with Gasteiger partial charge in [-0.25, -0.2) is 0 Å². The number of pyridine rings is 1. The maximum Gasteiger partial charge on any atom is 0.0572 e. The normalized spacial score (nSPS) is 14.3. The van der Waals surface area contributed by atoms with Crippen molar-refractivity contribution in [2.45, 2.75) is 25.7 Å². The van der Waals surface area contributed by atoms with Gasteiger partial charge in [0.1, 0.15) is 0 Å². The molecule has 3 aromatic heterocycles. The van der Waals surface area contributed by atoms with E-state index in [1.54, 1.807) is 10.4 Å². The molecule has 26 heavy (non-hydrogen) atoms. The van der Waals surface area contributed by atoms with Gasteiger partial charge in [0.2, 0.25) is 0 Å². The van der Waals surface area contributed by atoms with E-state index in [4.69, 9.17) is 0 Å². The van der Waals surface area contributed by atoms with E-state index in [0.29, 0.717) is 0 Å². The van der Waals surface area contributed by atoms with E-state index in [0.717, 1.165) is 0 Å². The van der Waals surface area contributed by atoms with Crippen molar-refractivity contribution in [2.24, 2.45) is 0 Å². The number of fused-ring (bicyclic) bond motifs is 7. The van der Waals surface area contributed by atoms with Gasteiger partial charge in [-0.3, -0.25) is 4.98 Å². The van der Waals surface area contributed by atoms with Gasteiger partial charge < -0.3 is 4.57 Å². The number of para-hydroxylation sites is 1. The van der Waals surface area contributed by atoms with Gasteiger partial charge in [-0.1, -0.05) is 18.2 Å². The topological polar surface area (TPSA) is 17.8 Å². The van der Waals surface area contributed by atoms with Crippen molar-refractivity contribution in [2.75, 3.05) is 0 Å². The van der Waals surface area contributed by atoms with E-state index < -0.39 is 0 Å². The molecular formula is C23H18N2S. The van der Waals surface area contributed by atoms with Crippen molar-refractivity contribution < 1.29 is 0 Å². The van der Waals surface area contributed by atoms with Gasteiger partial charge in [0.15, 0.2) is 0 Å². The van der Waals surface area contributed by atoms with Gasteiger partial charge in [0.25, 0.3) is 0 Å². The zero-order valence-corrected chi connectivity index (χ0v) is 15.2. The molecule has 6 rings (SSSR count). The molecule has 126 valence electrons. The van der Waals surface area contributed by atoms with Crippen molar-refractivity contribution in [1.29, 1.82) is 0 Å². The molecule has 0 spiro atoms. The first-order valence-corrected chi connectivity index (χ1v) is 10.1. The Kier molecular flexibility index (Phi) is 3.03. The van der Waals surface area contributed by atoms with Crippen LogP contribution in [0.2, 0.25) is 0 Å². The zero-order valence-electron chi connectivity index (χ0n) is 14.4. The third-order valence-corrected chi connectivity index (χ3v) is 6.92. The Morgan fingerprint density at radius 3 is 2.65 bits per heavy atom. The Bertz CT molecular complexity index is 1280. The van der Waals surface area contributed by atoms with E-state index in [-0.39, 0.29) is 0 Å². The summed E-state index contributed by atoms with van der Waals surface area (Å²) in [6.45, 7) is 0. The number of rotatable bonds is 1. The Morgan fingerprint density at radius 1 is 0.846 bits per heavy atom. The fraction of sp³-hybridized carbons (Fsp3) is 0.174. The molecule has 0 amide bonds. The van der Waals surface area contributed by atoms with Crippen LogP contribution in [0.25, 0.3) is 37.6 Å². The maximum atomic E-state index is 4.46. The number of benzene rings is 2. The lowest BCUT2D eigenvalue weighted by atomic mass is 9.94. The molecular weight excluding hydrogens is 336 g/mol. The molecule has 0 radical (unpaired) electrons. The second-order valence-electron chi connectivity index (χ2n) is 7.11. The highest BCUT2D eigenvalue weighted by Crippen LogP contribution is 2.43. The lowest BCUT2D eigenvalue weighted by Crippen LogP contribution is -1.98. The molecule has 0 saturated heterocycles. The average Bonchev–Trinajstić information content (AvgIpc) is 3.24. The Morgan fingerprint density at radius 2 is 1.73 bits per heavy atom. The van der Waals surface area contributed by atoms with Crippen LogP contribution in [0.4, 0.5) is 0 Å². The molecule has 1 aliphatic rings. The van der Waals surface area contributed by atoms with Crippen LogP contribution in [0.15, 0.2) is 60.9 Å². The van der Waals surface area contributed by atoms with Crippen LogP contribution < -0.4 is 0 Å². The number of thiophene rings is 1. The van der Waals surface area contributed by atoms with E-state index in [2.05, 4.69) is 58.1 Å². The minimum Gasteiger partial charge on any atom is -0.309 e. The fourth-order valence-corrected chi connectivity index (χ4v) is 5.87. The molecule has 0 saturated carbocycles. The summed E-state index contributed by atoms with van der Waals surface area (Å²) >= 11 is 2.00. The number of hydrogen-bond acceptors (Lipinski definition) is 2. The van der Waals surface area contributed by atoms with Crippen molar-refractivity contribution in [3.8, 4) is 5.69 Å². The third-order valence-electron chi connectivity index (χ3n) is 5.66. The van der Waals surface area contributed by atoms with Crippen LogP contribution in [-0.4, -0.2) is 9.55 Å². The summed E-state index contributed by atoms with van der Waals surface area (Å²) in [5, 5.41) is 4.13. The largest absolute Gasteiger partial charge is 0.309 e. The summed E-state index contributed by atoms with van der Waals surface area (Å²) in [6, 6.07) is 17.4. The van der Waals surface area contributed by atoms with Gasteiger partial charge in [-0.15, -0.1) is 11.3 Å². The molecule has 3 heterocycles. The molecule has 3 heteroatoms. The van der Waals surface area contributed by atoms with Crippen molar-refractivity contribution in [1.82, 2.24) is 9.55 Å². The molecule has 0 N–H and O–H groups in total. The van der Waals surface area contributed by atoms with Gasteiger partial charge in [0, 0.05) is 43.8 Å². The smallest absolute Gasteiger partial charge is 0.0572 e. The van der Waals surface area contributed by atoms with Crippen LogP contribution >= 0.6 is 11.3 Å². The van der Waals surface area contributed by atoms with E-state index >= 15 is 0 Å². The van der Waals surface area contributed by atoms with Crippen LogP contribution in [0.5, 0.6) is 0 Å². The Balaban J connectivity index is 1.85. The number of hydrogen-bond donors (Lipinski definition) is 0. The summed E-state index contributed by atoms with van der Waals surface area (Å²) < 4.78 is 3.82. The van der Waals surface area contributed by atoms with Crippen LogP contribution in [0.1, 0.15) is 23.3 Å². The first kappa shape index (κ1) is 14.5.